The van der Waals surface area contributed by atoms with Gasteiger partial charge in [-0.05, 0) is 26.2 Å². The molecule has 0 radical (unpaired) electrons. The van der Waals surface area contributed by atoms with Crippen molar-refractivity contribution in [2.75, 3.05) is 38.3 Å². The third kappa shape index (κ3) is 4.21. The lowest BCUT2D eigenvalue weighted by molar-refractivity contribution is -0.131. The third-order valence-corrected chi connectivity index (χ3v) is 5.38. The molecule has 2 aliphatic rings. The Morgan fingerprint density at radius 3 is 2.64 bits per heavy atom. The molecule has 1 saturated heterocycles. The average molecular weight is 348 g/mol. The van der Waals surface area contributed by atoms with Gasteiger partial charge in [0.1, 0.15) is 0 Å². The number of hydrogen-bond donors (Lipinski definition) is 1. The number of carbonyl (C=O) groups is 1. The van der Waals surface area contributed by atoms with E-state index in [1.54, 1.807) is 0 Å². The largest absolute Gasteiger partial charge is 0.378 e. The van der Waals surface area contributed by atoms with Crippen LogP contribution in [0.4, 0.5) is 5.95 Å². The number of aryl methyl sites for hydroxylation is 1. The fourth-order valence-corrected chi connectivity index (χ4v) is 3.72. The normalized spacial score (nSPS) is 18.6. The maximum Gasteiger partial charge on any atom is 0.255 e. The zero-order valence-corrected chi connectivity index (χ0v) is 15.2. The van der Waals surface area contributed by atoms with Gasteiger partial charge in [0.2, 0.25) is 11.9 Å². The Morgan fingerprint density at radius 1 is 1.32 bits per heavy atom. The number of aromatic amines is 1. The van der Waals surface area contributed by atoms with Crippen LogP contribution in [0, 0.1) is 6.92 Å². The summed E-state index contributed by atoms with van der Waals surface area (Å²) in [6.45, 7) is 4.59. The summed E-state index contributed by atoms with van der Waals surface area (Å²) in [5.74, 6) is 0.715. The van der Waals surface area contributed by atoms with Crippen molar-refractivity contribution < 1.29 is 9.53 Å². The number of aromatic nitrogens is 2. The molecule has 0 unspecified atom stereocenters. The van der Waals surface area contributed by atoms with Crippen LogP contribution in [0.1, 0.15) is 43.4 Å². The first-order valence-electron chi connectivity index (χ1n) is 9.24. The molecule has 2 fully saturated rings. The van der Waals surface area contributed by atoms with Gasteiger partial charge in [-0.3, -0.25) is 14.6 Å². The van der Waals surface area contributed by atoms with Gasteiger partial charge in [-0.25, -0.2) is 4.98 Å². The smallest absolute Gasteiger partial charge is 0.255 e. The van der Waals surface area contributed by atoms with Crippen LogP contribution >= 0.6 is 0 Å². The summed E-state index contributed by atoms with van der Waals surface area (Å²) in [7, 11) is 1.88. The molecule has 1 aromatic heterocycles. The fourth-order valence-electron chi connectivity index (χ4n) is 3.72. The zero-order chi connectivity index (χ0) is 17.8. The fraction of sp³-hybridized carbons (Fsp3) is 0.722. The number of ether oxygens (including phenoxy) is 1. The minimum atomic E-state index is -0.134. The van der Waals surface area contributed by atoms with Crippen LogP contribution in [0.15, 0.2) is 4.79 Å². The Bertz CT molecular complexity index is 661. The number of H-pyrrole nitrogens is 1. The highest BCUT2D eigenvalue weighted by atomic mass is 16.5. The maximum absolute atomic E-state index is 12.5. The van der Waals surface area contributed by atoms with Crippen molar-refractivity contribution in [3.63, 3.8) is 0 Å². The molecule has 0 bridgehead atoms. The molecule has 1 N–H and O–H groups in total. The molecule has 0 atom stereocenters. The minimum absolute atomic E-state index is 0.114. The van der Waals surface area contributed by atoms with Gasteiger partial charge in [0.15, 0.2) is 0 Å². The first-order chi connectivity index (χ1) is 12.1. The number of nitrogens with one attached hydrogen (secondary N) is 1. The van der Waals surface area contributed by atoms with Crippen LogP contribution < -0.4 is 10.5 Å². The highest BCUT2D eigenvalue weighted by molar-refractivity contribution is 5.76. The molecule has 7 heteroatoms. The first-order valence-corrected chi connectivity index (χ1v) is 9.24. The minimum Gasteiger partial charge on any atom is -0.378 e. The molecule has 1 aliphatic heterocycles. The molecule has 1 aliphatic carbocycles. The molecule has 138 valence electrons. The van der Waals surface area contributed by atoms with Gasteiger partial charge >= 0.3 is 0 Å². The summed E-state index contributed by atoms with van der Waals surface area (Å²) >= 11 is 0. The molecule has 1 saturated carbocycles. The molecule has 0 aromatic carbocycles. The van der Waals surface area contributed by atoms with Crippen molar-refractivity contribution >= 4 is 11.9 Å². The van der Waals surface area contributed by atoms with Gasteiger partial charge in [-0.15, -0.1) is 0 Å². The lowest BCUT2D eigenvalue weighted by atomic mass is 10.1. The van der Waals surface area contributed by atoms with Crippen LogP contribution in [-0.2, 0) is 16.0 Å². The molecule has 1 amide bonds. The Hall–Kier alpha value is -1.89. The molecule has 2 heterocycles. The van der Waals surface area contributed by atoms with E-state index in [2.05, 4.69) is 9.97 Å². The predicted octanol–water partition coefficient (Wildman–Crippen LogP) is 1.25. The van der Waals surface area contributed by atoms with E-state index in [0.717, 1.165) is 25.9 Å². The van der Waals surface area contributed by atoms with E-state index in [4.69, 9.17) is 4.74 Å². The summed E-state index contributed by atoms with van der Waals surface area (Å²) in [5.41, 5.74) is 1.19. The second-order valence-corrected chi connectivity index (χ2v) is 7.00. The Balaban J connectivity index is 1.64. The van der Waals surface area contributed by atoms with Gasteiger partial charge < -0.3 is 14.5 Å². The molecule has 25 heavy (non-hydrogen) atoms. The van der Waals surface area contributed by atoms with Crippen LogP contribution in [0.25, 0.3) is 0 Å². The van der Waals surface area contributed by atoms with Crippen LogP contribution in [-0.4, -0.2) is 60.2 Å². The lowest BCUT2D eigenvalue weighted by Gasteiger charge is -2.27. The van der Waals surface area contributed by atoms with Crippen molar-refractivity contribution in [1.29, 1.82) is 0 Å². The summed E-state index contributed by atoms with van der Waals surface area (Å²) in [4.78, 5) is 36.2. The second-order valence-electron chi connectivity index (χ2n) is 7.00. The predicted molar refractivity (Wildman–Crippen MR) is 96.0 cm³/mol. The standard InChI is InChI=1S/C18H28N4O3/c1-13-15(7-8-16(23)21(2)14-5-3-4-6-14)17(24)20-18(19-13)22-9-11-25-12-10-22/h14H,3-12H2,1-2H3,(H,19,20,24). The van der Waals surface area contributed by atoms with E-state index in [1.807, 2.05) is 23.8 Å². The van der Waals surface area contributed by atoms with Gasteiger partial charge in [0.05, 0.1) is 13.2 Å². The number of morpholine rings is 1. The van der Waals surface area contributed by atoms with E-state index in [1.165, 1.54) is 12.8 Å². The van der Waals surface area contributed by atoms with Crippen molar-refractivity contribution in [3.05, 3.63) is 21.6 Å². The molecule has 7 nitrogen and oxygen atoms in total. The number of anilines is 1. The monoisotopic (exact) mass is 348 g/mol. The van der Waals surface area contributed by atoms with E-state index in [0.29, 0.717) is 49.3 Å². The molecule has 3 rings (SSSR count). The second kappa shape index (κ2) is 7.99. The van der Waals surface area contributed by atoms with Crippen LogP contribution in [0.5, 0.6) is 0 Å². The SMILES string of the molecule is Cc1nc(N2CCOCC2)[nH]c(=O)c1CCC(=O)N(C)C1CCCC1. The van der Waals surface area contributed by atoms with E-state index < -0.39 is 0 Å². The molecular weight excluding hydrogens is 320 g/mol. The van der Waals surface area contributed by atoms with Crippen molar-refractivity contribution in [2.24, 2.45) is 0 Å². The Kier molecular flexibility index (Phi) is 5.73. The van der Waals surface area contributed by atoms with Crippen molar-refractivity contribution in [3.8, 4) is 0 Å². The molecular formula is C18H28N4O3. The lowest BCUT2D eigenvalue weighted by Crippen LogP contribution is -2.39. The average Bonchev–Trinajstić information content (AvgIpc) is 3.15. The number of nitrogens with zero attached hydrogens (tertiary/aromatic N) is 3. The number of rotatable bonds is 5. The van der Waals surface area contributed by atoms with Gasteiger partial charge in [0, 0.05) is 43.9 Å². The van der Waals surface area contributed by atoms with Gasteiger partial charge in [-0.2, -0.15) is 0 Å². The highest BCUT2D eigenvalue weighted by Crippen LogP contribution is 2.23. The molecule has 0 spiro atoms. The van der Waals surface area contributed by atoms with Crippen molar-refractivity contribution in [2.45, 2.75) is 51.5 Å². The van der Waals surface area contributed by atoms with Crippen LogP contribution in [0.2, 0.25) is 0 Å². The quantitative estimate of drug-likeness (QED) is 0.866. The number of carbonyl (C=O) groups excluding carboxylic acids is 1. The molecule has 1 aromatic rings. The maximum atomic E-state index is 12.5. The van der Waals surface area contributed by atoms with Gasteiger partial charge in [0.25, 0.3) is 5.56 Å². The topological polar surface area (TPSA) is 78.5 Å². The highest BCUT2D eigenvalue weighted by Gasteiger charge is 2.23. The van der Waals surface area contributed by atoms with E-state index in [-0.39, 0.29) is 11.5 Å². The van der Waals surface area contributed by atoms with Crippen molar-refractivity contribution in [1.82, 2.24) is 14.9 Å². The Morgan fingerprint density at radius 2 is 2.00 bits per heavy atom. The zero-order valence-electron chi connectivity index (χ0n) is 15.2. The first kappa shape index (κ1) is 17.9. The van der Waals surface area contributed by atoms with E-state index in [9.17, 15) is 9.59 Å². The third-order valence-electron chi connectivity index (χ3n) is 5.38. The summed E-state index contributed by atoms with van der Waals surface area (Å²) < 4.78 is 5.33. The summed E-state index contributed by atoms with van der Waals surface area (Å²) in [5, 5.41) is 0. The summed E-state index contributed by atoms with van der Waals surface area (Å²) in [6, 6.07) is 0.369. The van der Waals surface area contributed by atoms with Crippen LogP contribution in [0.3, 0.4) is 0 Å². The van der Waals surface area contributed by atoms with E-state index >= 15 is 0 Å². The van der Waals surface area contributed by atoms with Gasteiger partial charge in [-0.1, -0.05) is 12.8 Å². The number of amides is 1. The number of hydrogen-bond acceptors (Lipinski definition) is 5. The Labute approximate surface area is 148 Å². The summed E-state index contributed by atoms with van der Waals surface area (Å²) in [6.07, 6.45) is 5.39.